The molecule has 0 N–H and O–H groups in total. The zero-order valence-electron chi connectivity index (χ0n) is 13.3. The lowest BCUT2D eigenvalue weighted by Crippen LogP contribution is -2.48. The van der Waals surface area contributed by atoms with E-state index in [1.165, 1.54) is 42.4 Å². The minimum Gasteiger partial charge on any atom is -0.301 e. The quantitative estimate of drug-likeness (QED) is 0.720. The lowest BCUT2D eigenvalue weighted by atomic mass is 9.84. The van der Waals surface area contributed by atoms with E-state index in [2.05, 4.69) is 45.1 Å². The first kappa shape index (κ1) is 13.7. The van der Waals surface area contributed by atoms with Crippen LogP contribution in [-0.4, -0.2) is 39.3 Å². The molecule has 5 heteroatoms. The number of hydrogen-bond acceptors (Lipinski definition) is 4. The third-order valence-corrected chi connectivity index (χ3v) is 6.41. The second-order valence-corrected chi connectivity index (χ2v) is 7.72. The van der Waals surface area contributed by atoms with Crippen LogP contribution in [0, 0.1) is 12.8 Å². The van der Waals surface area contributed by atoms with Crippen molar-refractivity contribution in [3.63, 3.8) is 0 Å². The number of aryl methyl sites for hydroxylation is 1. The fraction of sp³-hybridized carbons (Fsp3) is 0.444. The van der Waals surface area contributed by atoms with E-state index in [9.17, 15) is 0 Å². The molecule has 3 fully saturated rings. The minimum atomic E-state index is 0.531. The summed E-state index contributed by atoms with van der Waals surface area (Å²) in [5.41, 5.74) is 3.56. The molecular weight excluding hydrogens is 304 g/mol. The summed E-state index contributed by atoms with van der Waals surface area (Å²) in [6.07, 6.45) is 4.65. The van der Waals surface area contributed by atoms with Crippen LogP contribution in [0.4, 0.5) is 0 Å². The molecule has 1 aromatic carbocycles. The van der Waals surface area contributed by atoms with Crippen LogP contribution in [0.1, 0.15) is 24.6 Å². The Morgan fingerprint density at radius 2 is 2.09 bits per heavy atom. The van der Waals surface area contributed by atoms with Gasteiger partial charge in [0, 0.05) is 28.6 Å². The Morgan fingerprint density at radius 3 is 2.78 bits per heavy atom. The van der Waals surface area contributed by atoms with Crippen molar-refractivity contribution < 1.29 is 0 Å². The standard InChI is InChI=1S/C18H20N4S/c1-12-11-23-18(20-12)14-2-3-15-9-19-22(16(15)8-14)17-10-21-6-4-13(17)5-7-21/h2-3,8-9,11,13,17H,4-7,10H2,1H3/t17-/m0/s1. The van der Waals surface area contributed by atoms with Gasteiger partial charge in [0.2, 0.25) is 0 Å². The molecule has 4 nitrogen and oxygen atoms in total. The number of aromatic nitrogens is 3. The van der Waals surface area contributed by atoms with E-state index in [1.807, 2.05) is 6.20 Å². The van der Waals surface area contributed by atoms with E-state index in [-0.39, 0.29) is 0 Å². The third kappa shape index (κ3) is 2.22. The van der Waals surface area contributed by atoms with Gasteiger partial charge in [-0.2, -0.15) is 5.10 Å². The van der Waals surface area contributed by atoms with Gasteiger partial charge in [0.05, 0.1) is 17.8 Å². The second-order valence-electron chi connectivity index (χ2n) is 6.86. The fourth-order valence-electron chi connectivity index (χ4n) is 4.13. The molecule has 3 aliphatic rings. The Hall–Kier alpha value is -1.72. The number of rotatable bonds is 2. The molecule has 5 heterocycles. The molecule has 1 atom stereocenters. The van der Waals surface area contributed by atoms with Crippen LogP contribution in [-0.2, 0) is 0 Å². The van der Waals surface area contributed by atoms with Crippen molar-refractivity contribution in [3.05, 3.63) is 35.5 Å². The van der Waals surface area contributed by atoms with Crippen molar-refractivity contribution in [3.8, 4) is 10.6 Å². The van der Waals surface area contributed by atoms with Gasteiger partial charge in [0.25, 0.3) is 0 Å². The molecule has 2 bridgehead atoms. The van der Waals surface area contributed by atoms with Crippen molar-refractivity contribution in [2.75, 3.05) is 19.6 Å². The highest BCUT2D eigenvalue weighted by atomic mass is 32.1. The van der Waals surface area contributed by atoms with Gasteiger partial charge in [0.1, 0.15) is 5.01 Å². The van der Waals surface area contributed by atoms with Gasteiger partial charge in [-0.15, -0.1) is 11.3 Å². The van der Waals surface area contributed by atoms with Gasteiger partial charge in [-0.1, -0.05) is 12.1 Å². The first-order valence-electron chi connectivity index (χ1n) is 8.40. The van der Waals surface area contributed by atoms with E-state index < -0.39 is 0 Å². The highest BCUT2D eigenvalue weighted by molar-refractivity contribution is 7.13. The predicted molar refractivity (Wildman–Crippen MR) is 93.8 cm³/mol. The van der Waals surface area contributed by atoms with Gasteiger partial charge >= 0.3 is 0 Å². The van der Waals surface area contributed by atoms with E-state index in [0.29, 0.717) is 6.04 Å². The molecule has 3 saturated heterocycles. The lowest BCUT2D eigenvalue weighted by molar-refractivity contribution is 0.0534. The molecule has 0 radical (unpaired) electrons. The second kappa shape index (κ2) is 5.14. The number of thiazole rings is 1. The van der Waals surface area contributed by atoms with Crippen LogP contribution >= 0.6 is 11.3 Å². The molecule has 0 aliphatic carbocycles. The molecule has 0 unspecified atom stereocenters. The summed E-state index contributed by atoms with van der Waals surface area (Å²) in [5.74, 6) is 0.786. The molecule has 3 aliphatic heterocycles. The smallest absolute Gasteiger partial charge is 0.123 e. The van der Waals surface area contributed by atoms with E-state index in [1.54, 1.807) is 11.3 Å². The van der Waals surface area contributed by atoms with Crippen molar-refractivity contribution in [1.82, 2.24) is 19.7 Å². The molecule has 6 rings (SSSR count). The molecular formula is C18H20N4S. The van der Waals surface area contributed by atoms with Crippen LogP contribution in [0.15, 0.2) is 29.8 Å². The summed E-state index contributed by atoms with van der Waals surface area (Å²) in [4.78, 5) is 7.22. The molecule has 0 saturated carbocycles. The zero-order chi connectivity index (χ0) is 15.4. The average molecular weight is 324 g/mol. The van der Waals surface area contributed by atoms with Gasteiger partial charge in [0.15, 0.2) is 0 Å². The maximum Gasteiger partial charge on any atom is 0.123 e. The van der Waals surface area contributed by atoms with Crippen molar-refractivity contribution in [1.29, 1.82) is 0 Å². The summed E-state index contributed by atoms with van der Waals surface area (Å²) in [5, 5.41) is 9.20. The fourth-order valence-corrected chi connectivity index (χ4v) is 4.93. The summed E-state index contributed by atoms with van der Waals surface area (Å²) >= 11 is 1.72. The third-order valence-electron chi connectivity index (χ3n) is 5.40. The van der Waals surface area contributed by atoms with Crippen LogP contribution in [0.5, 0.6) is 0 Å². The molecule has 0 amide bonds. The Balaban J connectivity index is 1.59. The summed E-state index contributed by atoms with van der Waals surface area (Å²) < 4.78 is 2.29. The molecule has 118 valence electrons. The van der Waals surface area contributed by atoms with Gasteiger partial charge in [-0.25, -0.2) is 4.98 Å². The highest BCUT2D eigenvalue weighted by Crippen LogP contribution is 2.37. The van der Waals surface area contributed by atoms with Crippen LogP contribution in [0.2, 0.25) is 0 Å². The topological polar surface area (TPSA) is 34.0 Å². The summed E-state index contributed by atoms with van der Waals surface area (Å²) in [7, 11) is 0. The first-order chi connectivity index (χ1) is 11.3. The Bertz CT molecular complexity index is 857. The van der Waals surface area contributed by atoms with Gasteiger partial charge < -0.3 is 4.90 Å². The summed E-state index contributed by atoms with van der Waals surface area (Å²) in [6, 6.07) is 7.16. The number of hydrogen-bond donors (Lipinski definition) is 0. The monoisotopic (exact) mass is 324 g/mol. The van der Waals surface area contributed by atoms with Crippen LogP contribution in [0.25, 0.3) is 21.5 Å². The van der Waals surface area contributed by atoms with Crippen molar-refractivity contribution >= 4 is 22.2 Å². The highest BCUT2D eigenvalue weighted by Gasteiger charge is 2.36. The normalized spacial score (nSPS) is 26.9. The van der Waals surface area contributed by atoms with Crippen molar-refractivity contribution in [2.24, 2.45) is 5.92 Å². The minimum absolute atomic E-state index is 0.531. The first-order valence-corrected chi connectivity index (χ1v) is 9.28. The predicted octanol–water partition coefficient (Wildman–Crippen LogP) is 3.73. The average Bonchev–Trinajstić information content (AvgIpc) is 3.21. The number of benzene rings is 1. The van der Waals surface area contributed by atoms with Gasteiger partial charge in [-0.3, -0.25) is 4.68 Å². The van der Waals surface area contributed by atoms with Crippen molar-refractivity contribution in [2.45, 2.75) is 25.8 Å². The molecule has 2 aromatic heterocycles. The van der Waals surface area contributed by atoms with E-state index in [0.717, 1.165) is 23.2 Å². The number of nitrogens with zero attached hydrogens (tertiary/aromatic N) is 4. The number of piperidine rings is 3. The number of fused-ring (bicyclic) bond motifs is 4. The Labute approximate surface area is 139 Å². The van der Waals surface area contributed by atoms with E-state index >= 15 is 0 Å². The van der Waals surface area contributed by atoms with Gasteiger partial charge in [-0.05, 0) is 44.8 Å². The molecule has 23 heavy (non-hydrogen) atoms. The maximum atomic E-state index is 4.75. The summed E-state index contributed by atoms with van der Waals surface area (Å²) in [6.45, 7) is 5.74. The largest absolute Gasteiger partial charge is 0.301 e. The Morgan fingerprint density at radius 1 is 1.22 bits per heavy atom. The maximum absolute atomic E-state index is 4.75. The Kier molecular flexibility index (Phi) is 3.06. The lowest BCUT2D eigenvalue weighted by Gasteiger charge is -2.44. The van der Waals surface area contributed by atoms with E-state index in [4.69, 9.17) is 5.10 Å². The zero-order valence-corrected chi connectivity index (χ0v) is 14.1. The molecule has 0 spiro atoms. The SMILES string of the molecule is Cc1csc(-c2ccc3cnn([C@H]4CN5CCC4CC5)c3c2)n1. The van der Waals surface area contributed by atoms with Crippen LogP contribution in [0.3, 0.4) is 0 Å². The molecule has 3 aromatic rings. The van der Waals surface area contributed by atoms with Crippen LogP contribution < -0.4 is 0 Å².